The highest BCUT2D eigenvalue weighted by Gasteiger charge is 2.32. The van der Waals surface area contributed by atoms with Crippen LogP contribution in [0.1, 0.15) is 38.6 Å². The summed E-state index contributed by atoms with van der Waals surface area (Å²) in [6.07, 6.45) is 1.52. The number of ether oxygens (including phenoxy) is 1. The number of hydrogen-bond donors (Lipinski definition) is 4. The van der Waals surface area contributed by atoms with Crippen LogP contribution in [0.15, 0.2) is 12.4 Å². The molecular weight excluding hydrogens is 376 g/mol. The topological polar surface area (TPSA) is 133 Å². The summed E-state index contributed by atoms with van der Waals surface area (Å²) in [5.74, 6) is -2.44. The van der Waals surface area contributed by atoms with E-state index < -0.39 is 17.9 Å². The number of hydrogen-bond acceptors (Lipinski definition) is 6. The van der Waals surface area contributed by atoms with Crippen molar-refractivity contribution in [2.24, 2.45) is 0 Å². The van der Waals surface area contributed by atoms with E-state index in [4.69, 9.17) is 31.7 Å². The number of pyridine rings is 1. The molecule has 1 fully saturated rings. The van der Waals surface area contributed by atoms with E-state index in [-0.39, 0.29) is 6.23 Å². The molecule has 4 N–H and O–H groups in total. The molecule has 4 heterocycles. The predicted octanol–water partition coefficient (Wildman–Crippen LogP) is 2.34. The number of aryl methyl sites for hydroxylation is 1. The molecule has 3 aromatic heterocycles. The van der Waals surface area contributed by atoms with Gasteiger partial charge in [-0.25, -0.2) is 14.8 Å². The number of aliphatic hydroxyl groups is 2. The second-order valence-electron chi connectivity index (χ2n) is 6.96. The minimum absolute atomic E-state index is 0.386. The molecule has 0 aliphatic carbocycles. The summed E-state index contributed by atoms with van der Waals surface area (Å²) in [6.45, 7) is 4.54. The van der Waals surface area contributed by atoms with Crippen molar-refractivity contribution in [2.45, 2.75) is 51.7 Å². The fraction of sp³-hybridized carbons (Fsp3) is 0.471. The summed E-state index contributed by atoms with van der Waals surface area (Å²) in [6, 6.07) is 1.93. The Morgan fingerprint density at radius 3 is 2.67 bits per heavy atom. The van der Waals surface area contributed by atoms with E-state index in [0.717, 1.165) is 16.6 Å². The van der Waals surface area contributed by atoms with Crippen molar-refractivity contribution in [2.75, 3.05) is 0 Å². The lowest BCUT2D eigenvalue weighted by molar-refractivity contribution is -0.151. The van der Waals surface area contributed by atoms with Gasteiger partial charge in [-0.1, -0.05) is 11.6 Å². The van der Waals surface area contributed by atoms with E-state index in [1.165, 1.54) is 13.8 Å². The van der Waals surface area contributed by atoms with Gasteiger partial charge in [-0.15, -0.1) is 0 Å². The summed E-state index contributed by atoms with van der Waals surface area (Å²) < 4.78 is 7.31. The molecule has 10 heteroatoms. The minimum atomic E-state index is -1.50. The lowest BCUT2D eigenvalue weighted by atomic mass is 10.2. The highest BCUT2D eigenvalue weighted by atomic mass is 35.5. The van der Waals surface area contributed by atoms with Gasteiger partial charge in [0.2, 0.25) is 0 Å². The Labute approximate surface area is 159 Å². The average Bonchev–Trinajstić information content (AvgIpc) is 3.21. The molecule has 1 saturated heterocycles. The number of nitrogens with one attached hydrogen (secondary N) is 1. The normalized spacial score (nSPS) is 20.1. The highest BCUT2D eigenvalue weighted by Crippen LogP contribution is 2.34. The van der Waals surface area contributed by atoms with E-state index >= 15 is 0 Å². The van der Waals surface area contributed by atoms with Crippen molar-refractivity contribution >= 4 is 39.6 Å². The largest absolute Gasteiger partial charge is 0.479 e. The predicted molar refractivity (Wildman–Crippen MR) is 98.4 cm³/mol. The minimum Gasteiger partial charge on any atom is -0.479 e. The zero-order valence-electron chi connectivity index (χ0n) is 15.1. The molecule has 9 nitrogen and oxygen atoms in total. The maximum atomic E-state index is 11.0. The first-order valence-electron chi connectivity index (χ1n) is 8.39. The van der Waals surface area contributed by atoms with Crippen LogP contribution in [0.4, 0.5) is 0 Å². The number of imidazole rings is 1. The Kier molecular flexibility index (Phi) is 5.13. The van der Waals surface area contributed by atoms with Gasteiger partial charge in [0, 0.05) is 11.1 Å². The Morgan fingerprint density at radius 2 is 2.07 bits per heavy atom. The first-order valence-corrected chi connectivity index (χ1v) is 8.76. The zero-order valence-corrected chi connectivity index (χ0v) is 15.9. The van der Waals surface area contributed by atoms with Crippen LogP contribution in [0.25, 0.3) is 22.1 Å². The third-order valence-electron chi connectivity index (χ3n) is 3.97. The molecule has 0 spiro atoms. The Bertz CT molecular complexity index is 985. The summed E-state index contributed by atoms with van der Waals surface area (Å²) in [5.41, 5.74) is 3.10. The van der Waals surface area contributed by atoms with Crippen molar-refractivity contribution in [3.8, 4) is 0 Å². The van der Waals surface area contributed by atoms with E-state index in [2.05, 4.69) is 15.0 Å². The molecule has 4 rings (SSSR count). The summed E-state index contributed by atoms with van der Waals surface area (Å²) in [7, 11) is 0. The number of carboxylic acid groups (broad SMARTS) is 1. The van der Waals surface area contributed by atoms with Crippen LogP contribution in [-0.4, -0.2) is 52.7 Å². The Hall–Kier alpha value is -2.20. The molecule has 0 saturated carbocycles. The van der Waals surface area contributed by atoms with E-state index in [1.807, 2.05) is 13.0 Å². The van der Waals surface area contributed by atoms with Gasteiger partial charge in [0.05, 0.1) is 11.8 Å². The number of rotatable bonds is 2. The second kappa shape index (κ2) is 7.08. The smallest absolute Gasteiger partial charge is 0.332 e. The molecule has 2 unspecified atom stereocenters. The van der Waals surface area contributed by atoms with Crippen molar-refractivity contribution in [1.82, 2.24) is 19.5 Å². The molecule has 146 valence electrons. The van der Waals surface area contributed by atoms with Crippen molar-refractivity contribution in [3.05, 3.63) is 23.2 Å². The van der Waals surface area contributed by atoms with Gasteiger partial charge in [-0.2, -0.15) is 0 Å². The number of halogens is 1. The van der Waals surface area contributed by atoms with Crippen LogP contribution in [0.2, 0.25) is 5.15 Å². The van der Waals surface area contributed by atoms with Gasteiger partial charge in [-0.05, 0) is 39.7 Å². The number of aromatic nitrogens is 4. The van der Waals surface area contributed by atoms with E-state index in [9.17, 15) is 4.79 Å². The SMILES string of the molecule is CC(C)(O)O.Cc1cc2c(Cl)nc3c(ncn3C3CCC(C(=O)O)O3)c2[nH]1. The van der Waals surface area contributed by atoms with Gasteiger partial charge < -0.3 is 25.0 Å². The molecule has 0 radical (unpaired) electrons. The van der Waals surface area contributed by atoms with Gasteiger partial charge in [0.1, 0.15) is 16.9 Å². The zero-order chi connectivity index (χ0) is 19.9. The first kappa shape index (κ1) is 19.6. The number of aliphatic carboxylic acids is 1. The molecule has 2 atom stereocenters. The van der Waals surface area contributed by atoms with Gasteiger partial charge >= 0.3 is 5.97 Å². The molecular formula is C17H21ClN4O5. The van der Waals surface area contributed by atoms with E-state index in [0.29, 0.717) is 29.2 Å². The number of fused-ring (bicyclic) bond motifs is 3. The number of carboxylic acids is 1. The highest BCUT2D eigenvalue weighted by molar-refractivity contribution is 6.35. The third-order valence-corrected chi connectivity index (χ3v) is 4.25. The van der Waals surface area contributed by atoms with Crippen molar-refractivity contribution in [3.63, 3.8) is 0 Å². The van der Waals surface area contributed by atoms with Gasteiger partial charge in [-0.3, -0.25) is 4.57 Å². The fourth-order valence-corrected chi connectivity index (χ4v) is 3.18. The number of H-pyrrole nitrogens is 1. The fourth-order valence-electron chi connectivity index (χ4n) is 2.95. The Morgan fingerprint density at radius 1 is 1.41 bits per heavy atom. The van der Waals surface area contributed by atoms with Crippen LogP contribution in [0.5, 0.6) is 0 Å². The van der Waals surface area contributed by atoms with Gasteiger partial charge in [0.25, 0.3) is 0 Å². The third kappa shape index (κ3) is 4.22. The molecule has 0 amide bonds. The molecule has 3 aromatic rings. The molecule has 1 aliphatic rings. The molecule has 27 heavy (non-hydrogen) atoms. The first-order chi connectivity index (χ1) is 12.5. The molecule has 1 aliphatic heterocycles. The van der Waals surface area contributed by atoms with Crippen molar-refractivity contribution < 1.29 is 24.9 Å². The lowest BCUT2D eigenvalue weighted by Crippen LogP contribution is -2.19. The van der Waals surface area contributed by atoms with Crippen LogP contribution < -0.4 is 0 Å². The van der Waals surface area contributed by atoms with Crippen molar-refractivity contribution in [1.29, 1.82) is 0 Å². The maximum Gasteiger partial charge on any atom is 0.332 e. The van der Waals surface area contributed by atoms with E-state index in [1.54, 1.807) is 10.9 Å². The van der Waals surface area contributed by atoms with Gasteiger partial charge in [0.15, 0.2) is 17.5 Å². The Balaban J connectivity index is 0.000000376. The number of carbonyl (C=O) groups is 1. The summed E-state index contributed by atoms with van der Waals surface area (Å²) >= 11 is 6.26. The van der Waals surface area contributed by atoms with Crippen LogP contribution in [-0.2, 0) is 9.53 Å². The molecule has 0 bridgehead atoms. The number of aromatic amines is 1. The van der Waals surface area contributed by atoms with Crippen LogP contribution >= 0.6 is 11.6 Å². The lowest BCUT2D eigenvalue weighted by Gasteiger charge is -2.13. The summed E-state index contributed by atoms with van der Waals surface area (Å²) in [4.78, 5) is 23.1. The van der Waals surface area contributed by atoms with Crippen LogP contribution in [0.3, 0.4) is 0 Å². The average molecular weight is 397 g/mol. The standard InChI is InChI=1S/C14H13ClN4O3.C3H8O2/c1-6-4-7-10(17-6)11-13(18-12(7)15)19(5-16-11)9-3-2-8(22-9)14(20)21;1-3(2,4)5/h4-5,8-9,17H,2-3H2,1H3,(H,20,21);4-5H,1-2H3. The number of nitrogens with zero attached hydrogens (tertiary/aromatic N) is 3. The second-order valence-corrected chi connectivity index (χ2v) is 7.32. The maximum absolute atomic E-state index is 11.0. The van der Waals surface area contributed by atoms with Crippen LogP contribution in [0, 0.1) is 6.92 Å². The quantitative estimate of drug-likeness (QED) is 0.386. The monoisotopic (exact) mass is 396 g/mol. The summed E-state index contributed by atoms with van der Waals surface area (Å²) in [5, 5.41) is 26.4. The molecule has 0 aromatic carbocycles.